The maximum Gasteiger partial charge on any atom is 0.251 e. The zero-order valence-corrected chi connectivity index (χ0v) is 12.4. The standard InChI is InChI=1S/C15H17BrN2O/c16-10-15(6-1-2-7-15)11-18-14(19)13-5-3-4-12(8-13)9-17/h3-5,8H,1-2,6-7,10-11H2,(H,18,19). The highest BCUT2D eigenvalue weighted by Gasteiger charge is 2.33. The smallest absolute Gasteiger partial charge is 0.251 e. The number of amides is 1. The van der Waals surface area contributed by atoms with E-state index in [-0.39, 0.29) is 11.3 Å². The van der Waals surface area contributed by atoms with Gasteiger partial charge in [0.15, 0.2) is 0 Å². The molecule has 0 aliphatic heterocycles. The Morgan fingerprint density at radius 1 is 1.42 bits per heavy atom. The lowest BCUT2D eigenvalue weighted by Crippen LogP contribution is -2.37. The largest absolute Gasteiger partial charge is 0.351 e. The number of hydrogen-bond donors (Lipinski definition) is 1. The van der Waals surface area contributed by atoms with E-state index in [1.54, 1.807) is 24.3 Å². The molecule has 0 unspecified atom stereocenters. The third-order valence-corrected chi connectivity index (χ3v) is 5.01. The molecule has 0 radical (unpaired) electrons. The summed E-state index contributed by atoms with van der Waals surface area (Å²) in [6, 6.07) is 8.86. The summed E-state index contributed by atoms with van der Waals surface area (Å²) in [5.41, 5.74) is 1.29. The van der Waals surface area contributed by atoms with Crippen molar-refractivity contribution in [2.45, 2.75) is 25.7 Å². The van der Waals surface area contributed by atoms with Crippen LogP contribution >= 0.6 is 15.9 Å². The molecule has 4 heteroatoms. The van der Waals surface area contributed by atoms with Gasteiger partial charge < -0.3 is 5.32 Å². The van der Waals surface area contributed by atoms with E-state index in [0.717, 1.165) is 18.2 Å². The van der Waals surface area contributed by atoms with Crippen LogP contribution in [0.4, 0.5) is 0 Å². The molecule has 0 bridgehead atoms. The van der Waals surface area contributed by atoms with Crippen LogP contribution in [0.25, 0.3) is 0 Å². The lowest BCUT2D eigenvalue weighted by molar-refractivity contribution is 0.0935. The second-order valence-corrected chi connectivity index (χ2v) is 5.78. The fourth-order valence-electron chi connectivity index (χ4n) is 2.58. The molecule has 1 aromatic carbocycles. The summed E-state index contributed by atoms with van der Waals surface area (Å²) in [5.74, 6) is -0.0932. The first kappa shape index (κ1) is 14.1. The summed E-state index contributed by atoms with van der Waals surface area (Å²) in [6.45, 7) is 0.702. The van der Waals surface area contributed by atoms with Gasteiger partial charge in [-0.05, 0) is 36.5 Å². The number of benzene rings is 1. The summed E-state index contributed by atoms with van der Waals surface area (Å²) in [5, 5.41) is 12.8. The topological polar surface area (TPSA) is 52.9 Å². The first-order valence-electron chi connectivity index (χ1n) is 6.53. The van der Waals surface area contributed by atoms with E-state index in [1.807, 2.05) is 0 Å². The SMILES string of the molecule is N#Cc1cccc(C(=O)NCC2(CBr)CCCC2)c1. The van der Waals surface area contributed by atoms with E-state index in [2.05, 4.69) is 27.3 Å². The number of alkyl halides is 1. The van der Waals surface area contributed by atoms with Crippen molar-refractivity contribution in [2.75, 3.05) is 11.9 Å². The van der Waals surface area contributed by atoms with Gasteiger partial charge in [-0.2, -0.15) is 5.26 Å². The van der Waals surface area contributed by atoms with Gasteiger partial charge in [-0.3, -0.25) is 4.79 Å². The summed E-state index contributed by atoms with van der Waals surface area (Å²) < 4.78 is 0. The summed E-state index contributed by atoms with van der Waals surface area (Å²) >= 11 is 3.57. The molecular formula is C15H17BrN2O. The van der Waals surface area contributed by atoms with Gasteiger partial charge in [-0.1, -0.05) is 34.8 Å². The molecule has 1 aliphatic rings. The second kappa shape index (κ2) is 6.21. The fraction of sp³-hybridized carbons (Fsp3) is 0.467. The highest BCUT2D eigenvalue weighted by molar-refractivity contribution is 9.09. The van der Waals surface area contributed by atoms with Crippen LogP contribution in [0.2, 0.25) is 0 Å². The van der Waals surface area contributed by atoms with Gasteiger partial charge >= 0.3 is 0 Å². The predicted molar refractivity (Wildman–Crippen MR) is 78.2 cm³/mol. The molecule has 3 nitrogen and oxygen atoms in total. The number of carbonyl (C=O) groups is 1. The van der Waals surface area contributed by atoms with Crippen molar-refractivity contribution in [1.29, 1.82) is 5.26 Å². The molecular weight excluding hydrogens is 304 g/mol. The Kier molecular flexibility index (Phi) is 4.60. The zero-order valence-electron chi connectivity index (χ0n) is 10.8. The first-order chi connectivity index (χ1) is 9.19. The molecule has 1 aliphatic carbocycles. The van der Waals surface area contributed by atoms with Crippen LogP contribution in [0, 0.1) is 16.7 Å². The fourth-order valence-corrected chi connectivity index (χ4v) is 3.34. The Morgan fingerprint density at radius 3 is 2.79 bits per heavy atom. The van der Waals surface area contributed by atoms with Crippen LogP contribution in [-0.2, 0) is 0 Å². The van der Waals surface area contributed by atoms with E-state index in [4.69, 9.17) is 5.26 Å². The Balaban J connectivity index is 1.99. The Morgan fingerprint density at radius 2 is 2.16 bits per heavy atom. The average Bonchev–Trinajstić information content (AvgIpc) is 2.94. The lowest BCUT2D eigenvalue weighted by atomic mass is 9.89. The highest BCUT2D eigenvalue weighted by Crippen LogP contribution is 2.38. The van der Waals surface area contributed by atoms with E-state index in [9.17, 15) is 4.79 Å². The first-order valence-corrected chi connectivity index (χ1v) is 7.66. The normalized spacial score (nSPS) is 16.8. The molecule has 1 saturated carbocycles. The van der Waals surface area contributed by atoms with E-state index in [0.29, 0.717) is 17.7 Å². The quantitative estimate of drug-likeness (QED) is 0.866. The molecule has 0 saturated heterocycles. The van der Waals surface area contributed by atoms with Crippen LogP contribution in [0.1, 0.15) is 41.6 Å². The van der Waals surface area contributed by atoms with Crippen molar-refractivity contribution in [3.05, 3.63) is 35.4 Å². The molecule has 0 spiro atoms. The number of nitrogens with one attached hydrogen (secondary N) is 1. The molecule has 1 fully saturated rings. The third kappa shape index (κ3) is 3.36. The van der Waals surface area contributed by atoms with Crippen molar-refractivity contribution >= 4 is 21.8 Å². The Bertz CT molecular complexity index is 501. The van der Waals surface area contributed by atoms with Gasteiger partial charge in [0.2, 0.25) is 0 Å². The predicted octanol–water partition coefficient (Wildman–Crippen LogP) is 3.24. The molecule has 0 aromatic heterocycles. The third-order valence-electron chi connectivity index (χ3n) is 3.83. The van der Waals surface area contributed by atoms with Gasteiger partial charge in [-0.15, -0.1) is 0 Å². The average molecular weight is 321 g/mol. The zero-order chi connectivity index (χ0) is 13.7. The van der Waals surface area contributed by atoms with Crippen molar-refractivity contribution < 1.29 is 4.79 Å². The maximum atomic E-state index is 12.1. The molecule has 0 atom stereocenters. The van der Waals surface area contributed by atoms with Gasteiger partial charge in [0.1, 0.15) is 0 Å². The maximum absolute atomic E-state index is 12.1. The van der Waals surface area contributed by atoms with E-state index < -0.39 is 0 Å². The molecule has 1 amide bonds. The summed E-state index contributed by atoms with van der Waals surface area (Å²) in [6.07, 6.45) is 4.81. The number of carbonyl (C=O) groups excluding carboxylic acids is 1. The van der Waals surface area contributed by atoms with Gasteiger partial charge in [0.25, 0.3) is 5.91 Å². The van der Waals surface area contributed by atoms with Crippen LogP contribution < -0.4 is 5.32 Å². The van der Waals surface area contributed by atoms with Crippen LogP contribution in [0.5, 0.6) is 0 Å². The molecule has 100 valence electrons. The van der Waals surface area contributed by atoms with Gasteiger partial charge in [0.05, 0.1) is 11.6 Å². The van der Waals surface area contributed by atoms with Crippen LogP contribution in [-0.4, -0.2) is 17.8 Å². The number of nitrogens with zero attached hydrogens (tertiary/aromatic N) is 1. The van der Waals surface area contributed by atoms with Gasteiger partial charge in [0, 0.05) is 17.4 Å². The van der Waals surface area contributed by atoms with Crippen LogP contribution in [0.15, 0.2) is 24.3 Å². The van der Waals surface area contributed by atoms with Crippen molar-refractivity contribution in [2.24, 2.45) is 5.41 Å². The monoisotopic (exact) mass is 320 g/mol. The van der Waals surface area contributed by atoms with E-state index >= 15 is 0 Å². The van der Waals surface area contributed by atoms with Gasteiger partial charge in [-0.25, -0.2) is 0 Å². The molecule has 19 heavy (non-hydrogen) atoms. The minimum atomic E-state index is -0.0932. The highest BCUT2D eigenvalue weighted by atomic mass is 79.9. The Hall–Kier alpha value is -1.34. The lowest BCUT2D eigenvalue weighted by Gasteiger charge is -2.26. The number of nitriles is 1. The minimum Gasteiger partial charge on any atom is -0.351 e. The summed E-state index contributed by atoms with van der Waals surface area (Å²) in [7, 11) is 0. The molecule has 1 aromatic rings. The number of halogens is 1. The molecule has 1 N–H and O–H groups in total. The van der Waals surface area contributed by atoms with E-state index in [1.165, 1.54) is 12.8 Å². The van der Waals surface area contributed by atoms with Crippen molar-refractivity contribution in [3.8, 4) is 6.07 Å². The van der Waals surface area contributed by atoms with Crippen LogP contribution in [0.3, 0.4) is 0 Å². The Labute approximate surface area is 122 Å². The number of rotatable bonds is 4. The van der Waals surface area contributed by atoms with Crippen molar-refractivity contribution in [1.82, 2.24) is 5.32 Å². The van der Waals surface area contributed by atoms with Crippen molar-refractivity contribution in [3.63, 3.8) is 0 Å². The summed E-state index contributed by atoms with van der Waals surface area (Å²) in [4.78, 5) is 12.1. The second-order valence-electron chi connectivity index (χ2n) is 5.22. The molecule has 0 heterocycles. The molecule has 2 rings (SSSR count). The number of hydrogen-bond acceptors (Lipinski definition) is 2. The minimum absolute atomic E-state index is 0.0932.